The number of furan rings is 1. The third kappa shape index (κ3) is 6.08. The molecule has 1 N–H and O–H groups in total. The summed E-state index contributed by atoms with van der Waals surface area (Å²) in [6.07, 6.45) is 4.62. The van der Waals surface area contributed by atoms with Gasteiger partial charge in [-0.3, -0.25) is 0 Å². The van der Waals surface area contributed by atoms with E-state index in [1.54, 1.807) is 11.2 Å². The smallest absolute Gasteiger partial charge is 0.409 e. The lowest BCUT2D eigenvalue weighted by Gasteiger charge is -2.31. The van der Waals surface area contributed by atoms with E-state index in [-0.39, 0.29) is 28.9 Å². The summed E-state index contributed by atoms with van der Waals surface area (Å²) in [5, 5.41) is 2.84. The number of anilines is 2. The predicted molar refractivity (Wildman–Crippen MR) is 130 cm³/mol. The maximum Gasteiger partial charge on any atom is 0.409 e. The first-order valence-corrected chi connectivity index (χ1v) is 13.4. The molecule has 1 aromatic carbocycles. The van der Waals surface area contributed by atoms with Crippen LogP contribution in [0.25, 0.3) is 11.1 Å². The number of benzene rings is 1. The molecule has 188 valence electrons. The lowest BCUT2D eigenvalue weighted by molar-refractivity contribution is 0.0942. The molecule has 0 saturated carbocycles. The van der Waals surface area contributed by atoms with Gasteiger partial charge in [-0.1, -0.05) is 34.8 Å². The number of carbonyl (C=O) groups excluding carboxylic acids is 1. The molecule has 9 nitrogen and oxygen atoms in total. The van der Waals surface area contributed by atoms with E-state index in [4.69, 9.17) is 44.0 Å². The van der Waals surface area contributed by atoms with Crippen molar-refractivity contribution in [3.8, 4) is 0 Å². The molecule has 3 heterocycles. The summed E-state index contributed by atoms with van der Waals surface area (Å²) in [5.74, 6) is -0.456. The van der Waals surface area contributed by atoms with Gasteiger partial charge in [0.25, 0.3) is 0 Å². The van der Waals surface area contributed by atoms with Crippen molar-refractivity contribution in [2.45, 2.75) is 27.4 Å². The Kier molecular flexibility index (Phi) is 7.33. The number of nitrogens with one attached hydrogen (secondary N) is 1. The topological polar surface area (TPSA) is 115 Å². The summed E-state index contributed by atoms with van der Waals surface area (Å²) in [4.78, 5) is 22.1. The average Bonchev–Trinajstić information content (AvgIpc) is 3.23. The van der Waals surface area contributed by atoms with Gasteiger partial charge in [0.05, 0.1) is 16.8 Å². The summed E-state index contributed by atoms with van der Waals surface area (Å²) in [7, 11) is -3.54. The second-order valence-electron chi connectivity index (χ2n) is 8.06. The van der Waals surface area contributed by atoms with Crippen LogP contribution in [0.2, 0.25) is 0 Å². The zero-order valence-corrected chi connectivity index (χ0v) is 21.4. The highest BCUT2D eigenvalue weighted by Gasteiger charge is 2.30. The summed E-state index contributed by atoms with van der Waals surface area (Å²) in [6.45, 7) is 0.529. The molecule has 1 saturated heterocycles. The highest BCUT2D eigenvalue weighted by atomic mass is 35.6. The number of nitrogens with zero attached hydrogens (tertiary/aromatic N) is 3. The first-order valence-electron chi connectivity index (χ1n) is 10.4. The van der Waals surface area contributed by atoms with Crippen LogP contribution in [-0.2, 0) is 14.6 Å². The van der Waals surface area contributed by atoms with Crippen LogP contribution >= 0.6 is 34.8 Å². The van der Waals surface area contributed by atoms with Crippen molar-refractivity contribution in [2.24, 2.45) is 0 Å². The van der Waals surface area contributed by atoms with E-state index < -0.39 is 25.5 Å². The number of hydrogen-bond donors (Lipinski definition) is 1. The fourth-order valence-electron chi connectivity index (χ4n) is 3.81. The molecule has 1 amide bonds. The van der Waals surface area contributed by atoms with Crippen molar-refractivity contribution in [1.29, 1.82) is 0 Å². The fraction of sp³-hybridized carbons (Fsp3) is 0.381. The van der Waals surface area contributed by atoms with Gasteiger partial charge in [-0.15, -0.1) is 0 Å². The van der Waals surface area contributed by atoms with E-state index in [9.17, 15) is 17.6 Å². The van der Waals surface area contributed by atoms with Crippen molar-refractivity contribution in [1.82, 2.24) is 14.9 Å². The van der Waals surface area contributed by atoms with E-state index in [2.05, 4.69) is 15.3 Å². The van der Waals surface area contributed by atoms with Crippen LogP contribution < -0.4 is 5.32 Å². The van der Waals surface area contributed by atoms with Gasteiger partial charge in [-0.25, -0.2) is 27.6 Å². The Hall–Kier alpha value is -2.34. The maximum atomic E-state index is 14.5. The maximum absolute atomic E-state index is 14.5. The Labute approximate surface area is 215 Å². The summed E-state index contributed by atoms with van der Waals surface area (Å²) < 4.78 is 46.9. The molecule has 0 unspecified atom stereocenters. The number of fused-ring (bicyclic) bond motifs is 1. The van der Waals surface area contributed by atoms with Gasteiger partial charge in [0.2, 0.25) is 3.79 Å². The molecule has 0 radical (unpaired) electrons. The van der Waals surface area contributed by atoms with Crippen molar-refractivity contribution in [3.63, 3.8) is 0 Å². The van der Waals surface area contributed by atoms with Crippen LogP contribution in [0, 0.1) is 5.82 Å². The lowest BCUT2D eigenvalue weighted by Crippen LogP contribution is -2.39. The molecule has 35 heavy (non-hydrogen) atoms. The number of halogens is 4. The molecule has 14 heteroatoms. The molecule has 4 rings (SSSR count). The van der Waals surface area contributed by atoms with Gasteiger partial charge in [0, 0.05) is 24.9 Å². The molecule has 1 fully saturated rings. The Morgan fingerprint density at radius 2 is 2.00 bits per heavy atom. The molecular weight excluding hydrogens is 546 g/mol. The first-order chi connectivity index (χ1) is 16.4. The number of sulfone groups is 1. The standard InChI is InChI=1S/C21H20Cl3FN4O5S/c1-35(31,32)13-2-3-16(15(25)8-13)28-19-18-17(26-11-27-19)14(9-33-18)12-4-6-29(7-5-12)20(30)34-10-21(22,23)24/h2-3,8-9,11-12H,4-7,10H2,1H3,(H,26,27,28). The van der Waals surface area contributed by atoms with Crippen LogP contribution in [0.1, 0.15) is 24.3 Å². The number of ether oxygens (including phenoxy) is 1. The number of alkyl halides is 3. The van der Waals surface area contributed by atoms with Crippen molar-refractivity contribution in [3.05, 3.63) is 42.2 Å². The van der Waals surface area contributed by atoms with Gasteiger partial charge in [0.15, 0.2) is 21.2 Å². The number of rotatable bonds is 5. The van der Waals surface area contributed by atoms with Crippen LogP contribution in [0.15, 0.2) is 40.1 Å². The van der Waals surface area contributed by atoms with Crippen LogP contribution in [0.3, 0.4) is 0 Å². The number of aromatic nitrogens is 2. The van der Waals surface area contributed by atoms with E-state index in [0.717, 1.165) is 17.9 Å². The first kappa shape index (κ1) is 25.7. The highest BCUT2D eigenvalue weighted by molar-refractivity contribution is 7.90. The second-order valence-corrected chi connectivity index (χ2v) is 12.6. The van der Waals surface area contributed by atoms with E-state index in [1.165, 1.54) is 18.5 Å². The highest BCUT2D eigenvalue weighted by Crippen LogP contribution is 2.36. The zero-order valence-electron chi connectivity index (χ0n) is 18.3. The lowest BCUT2D eigenvalue weighted by atomic mass is 9.90. The predicted octanol–water partition coefficient (Wildman–Crippen LogP) is 5.20. The van der Waals surface area contributed by atoms with Crippen molar-refractivity contribution < 1.29 is 26.8 Å². The summed E-state index contributed by atoms with van der Waals surface area (Å²) >= 11 is 16.9. The Morgan fingerprint density at radius 1 is 1.29 bits per heavy atom. The summed E-state index contributed by atoms with van der Waals surface area (Å²) in [5.41, 5.74) is 1.77. The van der Waals surface area contributed by atoms with E-state index in [0.29, 0.717) is 37.0 Å². The van der Waals surface area contributed by atoms with Crippen molar-refractivity contribution >= 4 is 73.3 Å². The summed E-state index contributed by atoms with van der Waals surface area (Å²) in [6, 6.07) is 3.57. The number of hydrogen-bond acceptors (Lipinski definition) is 8. The number of carbonyl (C=O) groups is 1. The minimum atomic E-state index is -3.54. The Morgan fingerprint density at radius 3 is 2.63 bits per heavy atom. The molecular formula is C21H20Cl3FN4O5S. The van der Waals surface area contributed by atoms with E-state index >= 15 is 0 Å². The third-order valence-corrected chi connectivity index (χ3v) is 6.99. The van der Waals surface area contributed by atoms with Crippen LogP contribution in [0.4, 0.5) is 20.7 Å². The molecule has 0 bridgehead atoms. The molecule has 0 aliphatic carbocycles. The van der Waals surface area contributed by atoms with Gasteiger partial charge in [0.1, 0.15) is 24.3 Å². The van der Waals surface area contributed by atoms with E-state index in [1.807, 2.05) is 0 Å². The molecule has 0 atom stereocenters. The molecule has 1 aliphatic heterocycles. The fourth-order valence-corrected chi connectivity index (χ4v) is 4.61. The normalized spacial score (nSPS) is 15.4. The van der Waals surface area contributed by atoms with Crippen LogP contribution in [-0.4, -0.2) is 59.1 Å². The minimum Gasteiger partial charge on any atom is -0.458 e. The molecule has 0 spiro atoms. The average molecular weight is 566 g/mol. The molecule has 2 aromatic heterocycles. The minimum absolute atomic E-state index is 0.0389. The molecule has 1 aliphatic rings. The zero-order chi connectivity index (χ0) is 25.4. The number of likely N-dealkylation sites (tertiary alicyclic amines) is 1. The van der Waals surface area contributed by atoms with Gasteiger partial charge in [-0.2, -0.15) is 0 Å². The van der Waals surface area contributed by atoms with Crippen LogP contribution in [0.5, 0.6) is 0 Å². The largest absolute Gasteiger partial charge is 0.458 e. The monoisotopic (exact) mass is 564 g/mol. The Balaban J connectivity index is 1.48. The number of piperidine rings is 1. The third-order valence-electron chi connectivity index (χ3n) is 5.56. The van der Waals surface area contributed by atoms with Gasteiger partial charge < -0.3 is 19.4 Å². The quantitative estimate of drug-likeness (QED) is 0.420. The second kappa shape index (κ2) is 9.96. The molecule has 3 aromatic rings. The SMILES string of the molecule is CS(=O)(=O)c1ccc(Nc2ncnc3c(C4CCN(C(=O)OCC(Cl)(Cl)Cl)CC4)coc23)c(F)c1. The van der Waals surface area contributed by atoms with Gasteiger partial charge >= 0.3 is 6.09 Å². The number of amides is 1. The Bertz CT molecular complexity index is 1350. The van der Waals surface area contributed by atoms with Crippen molar-refractivity contribution in [2.75, 3.05) is 31.3 Å². The van der Waals surface area contributed by atoms with Gasteiger partial charge in [-0.05, 0) is 37.0 Å².